The number of amides is 1. The number of carbonyl (C=O) groups excluding carboxylic acids is 1. The number of nitrogens with one attached hydrogen (secondary N) is 1. The van der Waals surface area contributed by atoms with Crippen LogP contribution in [0.2, 0.25) is 5.02 Å². The van der Waals surface area contributed by atoms with E-state index in [4.69, 9.17) is 11.6 Å². The van der Waals surface area contributed by atoms with Gasteiger partial charge in [-0.2, -0.15) is 0 Å². The third-order valence-electron chi connectivity index (χ3n) is 3.05. The Morgan fingerprint density at radius 2 is 2.04 bits per heavy atom. The first-order valence-corrected chi connectivity index (χ1v) is 8.07. The van der Waals surface area contributed by atoms with Crippen molar-refractivity contribution in [3.63, 3.8) is 0 Å². The van der Waals surface area contributed by atoms with Crippen molar-refractivity contribution < 1.29 is 9.18 Å². The summed E-state index contributed by atoms with van der Waals surface area (Å²) in [5, 5.41) is 4.39. The van der Waals surface area contributed by atoms with Crippen molar-refractivity contribution in [2.24, 2.45) is 0 Å². The summed E-state index contributed by atoms with van der Waals surface area (Å²) in [5.74, 6) is -0.773. The second-order valence-electron chi connectivity index (χ2n) is 4.66. The number of carbonyl (C=O) groups is 1. The van der Waals surface area contributed by atoms with E-state index in [0.717, 1.165) is 17.0 Å². The van der Waals surface area contributed by atoms with Gasteiger partial charge in [-0.25, -0.2) is 14.4 Å². The van der Waals surface area contributed by atoms with E-state index in [-0.39, 0.29) is 22.4 Å². The average molecular weight is 348 g/mol. The van der Waals surface area contributed by atoms with Gasteiger partial charge in [-0.15, -0.1) is 0 Å². The van der Waals surface area contributed by atoms with Crippen LogP contribution in [0.1, 0.15) is 0 Å². The van der Waals surface area contributed by atoms with Crippen LogP contribution in [0.3, 0.4) is 0 Å². The maximum absolute atomic E-state index is 13.7. The Kier molecular flexibility index (Phi) is 4.73. The Hall–Kier alpha value is -2.18. The molecule has 1 aromatic heterocycles. The largest absolute Gasteiger partial charge is 0.323 e. The van der Waals surface area contributed by atoms with Gasteiger partial charge in [-0.3, -0.25) is 4.79 Å². The fourth-order valence-corrected chi connectivity index (χ4v) is 2.95. The van der Waals surface area contributed by atoms with Gasteiger partial charge in [0.2, 0.25) is 5.91 Å². The number of hydrogen-bond donors (Lipinski definition) is 1. The number of fused-ring (bicyclic) bond motifs is 1. The lowest BCUT2D eigenvalue weighted by Crippen LogP contribution is -2.15. The smallest absolute Gasteiger partial charge is 0.234 e. The molecule has 0 fully saturated rings. The monoisotopic (exact) mass is 347 g/mol. The van der Waals surface area contributed by atoms with E-state index in [0.29, 0.717) is 5.03 Å². The molecule has 3 rings (SSSR count). The Morgan fingerprint density at radius 3 is 2.87 bits per heavy atom. The Bertz CT molecular complexity index is 870. The summed E-state index contributed by atoms with van der Waals surface area (Å²) < 4.78 is 13.7. The minimum atomic E-state index is -0.566. The van der Waals surface area contributed by atoms with Crippen molar-refractivity contribution in [3.05, 3.63) is 59.6 Å². The van der Waals surface area contributed by atoms with Crippen molar-refractivity contribution in [2.75, 3.05) is 11.1 Å². The molecule has 0 bridgehead atoms. The molecule has 0 aliphatic carbocycles. The van der Waals surface area contributed by atoms with Crippen molar-refractivity contribution >= 4 is 45.9 Å². The number of anilines is 1. The normalized spacial score (nSPS) is 10.7. The standard InChI is InChI=1S/C16H11ClFN3OS/c17-10-5-6-14(12(18)7-10)21-15(22)8-23-16-11-3-1-2-4-13(11)19-9-20-16/h1-7,9H,8H2,(H,21,22). The first kappa shape index (κ1) is 15.7. The highest BCUT2D eigenvalue weighted by molar-refractivity contribution is 8.00. The van der Waals surface area contributed by atoms with Crippen molar-refractivity contribution in [1.82, 2.24) is 9.97 Å². The van der Waals surface area contributed by atoms with E-state index in [1.54, 1.807) is 0 Å². The summed E-state index contributed by atoms with van der Waals surface area (Å²) in [5.41, 5.74) is 0.918. The van der Waals surface area contributed by atoms with Gasteiger partial charge in [0.25, 0.3) is 0 Å². The van der Waals surface area contributed by atoms with Crippen LogP contribution >= 0.6 is 23.4 Å². The van der Waals surface area contributed by atoms with Crippen LogP contribution in [0.5, 0.6) is 0 Å². The zero-order valence-electron chi connectivity index (χ0n) is 11.8. The molecule has 23 heavy (non-hydrogen) atoms. The first-order chi connectivity index (χ1) is 11.1. The summed E-state index contributed by atoms with van der Waals surface area (Å²) >= 11 is 6.95. The third-order valence-corrected chi connectivity index (χ3v) is 4.29. The summed E-state index contributed by atoms with van der Waals surface area (Å²) in [6.45, 7) is 0. The minimum Gasteiger partial charge on any atom is -0.323 e. The van der Waals surface area contributed by atoms with E-state index >= 15 is 0 Å². The van der Waals surface area contributed by atoms with E-state index < -0.39 is 5.82 Å². The number of nitrogens with zero attached hydrogens (tertiary/aromatic N) is 2. The topological polar surface area (TPSA) is 54.9 Å². The quantitative estimate of drug-likeness (QED) is 0.569. The zero-order valence-corrected chi connectivity index (χ0v) is 13.4. The van der Waals surface area contributed by atoms with Crippen LogP contribution in [0.4, 0.5) is 10.1 Å². The maximum Gasteiger partial charge on any atom is 0.234 e. The zero-order chi connectivity index (χ0) is 16.2. The average Bonchev–Trinajstić information content (AvgIpc) is 2.55. The summed E-state index contributed by atoms with van der Waals surface area (Å²) in [6, 6.07) is 11.7. The van der Waals surface area contributed by atoms with Crippen LogP contribution in [-0.2, 0) is 4.79 Å². The Labute approximate surface area is 141 Å². The number of para-hydroxylation sites is 1. The molecule has 0 aliphatic heterocycles. The van der Waals surface area contributed by atoms with Crippen LogP contribution in [0, 0.1) is 5.82 Å². The summed E-state index contributed by atoms with van der Waals surface area (Å²) in [7, 11) is 0. The van der Waals surface area contributed by atoms with Crippen molar-refractivity contribution in [3.8, 4) is 0 Å². The highest BCUT2D eigenvalue weighted by Gasteiger charge is 2.10. The molecule has 3 aromatic rings. The molecule has 4 nitrogen and oxygen atoms in total. The van der Waals surface area contributed by atoms with E-state index in [1.165, 1.54) is 30.2 Å². The van der Waals surface area contributed by atoms with Gasteiger partial charge in [0.1, 0.15) is 17.2 Å². The molecule has 1 N–H and O–H groups in total. The number of benzene rings is 2. The van der Waals surface area contributed by atoms with Crippen LogP contribution in [0.25, 0.3) is 10.9 Å². The number of halogens is 2. The van der Waals surface area contributed by atoms with Gasteiger partial charge >= 0.3 is 0 Å². The molecular formula is C16H11ClFN3OS. The molecule has 1 amide bonds. The second-order valence-corrected chi connectivity index (χ2v) is 6.06. The molecule has 0 saturated heterocycles. The van der Waals surface area contributed by atoms with Gasteiger partial charge in [0.05, 0.1) is 17.0 Å². The van der Waals surface area contributed by atoms with Gasteiger partial charge in [-0.05, 0) is 24.3 Å². The number of rotatable bonds is 4. The number of hydrogen-bond acceptors (Lipinski definition) is 4. The van der Waals surface area contributed by atoms with E-state index in [9.17, 15) is 9.18 Å². The van der Waals surface area contributed by atoms with Crippen molar-refractivity contribution in [1.29, 1.82) is 0 Å². The molecular weight excluding hydrogens is 337 g/mol. The molecule has 116 valence electrons. The Balaban J connectivity index is 1.69. The molecule has 1 heterocycles. The second kappa shape index (κ2) is 6.93. The lowest BCUT2D eigenvalue weighted by Gasteiger charge is -2.07. The predicted octanol–water partition coefficient (Wildman–Crippen LogP) is 4.15. The molecule has 0 unspecified atom stereocenters. The van der Waals surface area contributed by atoms with E-state index in [2.05, 4.69) is 15.3 Å². The lowest BCUT2D eigenvalue weighted by atomic mass is 10.2. The molecule has 0 spiro atoms. The highest BCUT2D eigenvalue weighted by Crippen LogP contribution is 2.24. The summed E-state index contributed by atoms with van der Waals surface area (Å²) in [4.78, 5) is 20.3. The van der Waals surface area contributed by atoms with Crippen LogP contribution < -0.4 is 5.32 Å². The fraction of sp³-hybridized carbons (Fsp3) is 0.0625. The Morgan fingerprint density at radius 1 is 1.22 bits per heavy atom. The van der Waals surface area contributed by atoms with Crippen LogP contribution in [0.15, 0.2) is 53.8 Å². The summed E-state index contributed by atoms with van der Waals surface area (Å²) in [6.07, 6.45) is 1.46. The predicted molar refractivity (Wildman–Crippen MR) is 90.3 cm³/mol. The lowest BCUT2D eigenvalue weighted by molar-refractivity contribution is -0.113. The van der Waals surface area contributed by atoms with E-state index in [1.807, 2.05) is 24.3 Å². The highest BCUT2D eigenvalue weighted by atomic mass is 35.5. The molecule has 0 saturated carbocycles. The fourth-order valence-electron chi connectivity index (χ4n) is 2.01. The third kappa shape index (κ3) is 3.78. The van der Waals surface area contributed by atoms with Crippen LogP contribution in [-0.4, -0.2) is 21.6 Å². The molecule has 2 aromatic carbocycles. The van der Waals surface area contributed by atoms with Gasteiger partial charge in [0, 0.05) is 10.4 Å². The van der Waals surface area contributed by atoms with Crippen molar-refractivity contribution in [2.45, 2.75) is 5.03 Å². The SMILES string of the molecule is O=C(CSc1ncnc2ccccc12)Nc1ccc(Cl)cc1F. The molecule has 0 atom stereocenters. The van der Waals surface area contributed by atoms with Gasteiger partial charge in [-0.1, -0.05) is 41.6 Å². The van der Waals surface area contributed by atoms with Gasteiger partial charge in [0.15, 0.2) is 0 Å². The number of aromatic nitrogens is 2. The molecule has 0 radical (unpaired) electrons. The number of thioether (sulfide) groups is 1. The maximum atomic E-state index is 13.7. The van der Waals surface area contributed by atoms with Gasteiger partial charge < -0.3 is 5.32 Å². The molecule has 0 aliphatic rings. The molecule has 7 heteroatoms. The minimum absolute atomic E-state index is 0.104. The first-order valence-electron chi connectivity index (χ1n) is 6.71.